The van der Waals surface area contributed by atoms with Crippen LogP contribution in [-0.2, 0) is 0 Å². The molecule has 4 heteroatoms. The quantitative estimate of drug-likeness (QED) is 0.786. The Morgan fingerprint density at radius 1 is 1.50 bits per heavy atom. The predicted octanol–water partition coefficient (Wildman–Crippen LogP) is 3.55. The van der Waals surface area contributed by atoms with Crippen molar-refractivity contribution in [1.82, 2.24) is 4.98 Å². The molecule has 0 spiro atoms. The normalized spacial score (nSPS) is 12.5. The lowest BCUT2D eigenvalue weighted by atomic mass is 10.2. The zero-order chi connectivity index (χ0) is 10.4. The van der Waals surface area contributed by atoms with Crippen LogP contribution in [0.2, 0.25) is 5.02 Å². The van der Waals surface area contributed by atoms with Gasteiger partial charge in [0.15, 0.2) is 0 Å². The number of nitrogens with zero attached hydrogens (tertiary/aromatic N) is 1. The molecule has 14 heavy (non-hydrogen) atoms. The molecule has 1 atom stereocenters. The molecule has 0 amide bonds. The van der Waals surface area contributed by atoms with Crippen LogP contribution in [-0.4, -0.2) is 16.9 Å². The molecule has 0 bridgehead atoms. The summed E-state index contributed by atoms with van der Waals surface area (Å²) in [6, 6.07) is 3.65. The molecule has 0 aromatic carbocycles. The third-order valence-electron chi connectivity index (χ3n) is 1.83. The standard InChI is InChI=1S/C10H14Cl2N2/c1-2-3-8(11)6-13-10-5-4-9(12)7-14-10/h4-5,7-8H,2-3,6H2,1H3,(H,13,14). The number of pyridine rings is 1. The lowest BCUT2D eigenvalue weighted by molar-refractivity contribution is 0.750. The molecule has 0 saturated carbocycles. The van der Waals surface area contributed by atoms with Gasteiger partial charge >= 0.3 is 0 Å². The van der Waals surface area contributed by atoms with Gasteiger partial charge in [0.2, 0.25) is 0 Å². The summed E-state index contributed by atoms with van der Waals surface area (Å²) in [5.74, 6) is 0.816. The maximum absolute atomic E-state index is 6.05. The molecule has 1 rings (SSSR count). The molecule has 0 aliphatic rings. The van der Waals surface area contributed by atoms with E-state index < -0.39 is 0 Å². The summed E-state index contributed by atoms with van der Waals surface area (Å²) in [6.45, 7) is 2.86. The Morgan fingerprint density at radius 3 is 2.86 bits per heavy atom. The molecular formula is C10H14Cl2N2. The minimum atomic E-state index is 0.164. The second kappa shape index (κ2) is 6.10. The zero-order valence-electron chi connectivity index (χ0n) is 8.13. The van der Waals surface area contributed by atoms with Crippen molar-refractivity contribution >= 4 is 29.0 Å². The van der Waals surface area contributed by atoms with Gasteiger partial charge in [0, 0.05) is 12.7 Å². The average Bonchev–Trinajstić information content (AvgIpc) is 2.17. The summed E-state index contributed by atoms with van der Waals surface area (Å²) in [6.07, 6.45) is 3.74. The summed E-state index contributed by atoms with van der Waals surface area (Å²) in [4.78, 5) is 4.11. The third-order valence-corrected chi connectivity index (χ3v) is 2.43. The van der Waals surface area contributed by atoms with E-state index in [1.54, 1.807) is 12.3 Å². The van der Waals surface area contributed by atoms with E-state index in [4.69, 9.17) is 23.2 Å². The van der Waals surface area contributed by atoms with Gasteiger partial charge in [-0.2, -0.15) is 0 Å². The predicted molar refractivity (Wildman–Crippen MR) is 62.3 cm³/mol. The van der Waals surface area contributed by atoms with E-state index in [1.165, 1.54) is 0 Å². The molecule has 1 aromatic rings. The van der Waals surface area contributed by atoms with Gasteiger partial charge in [-0.1, -0.05) is 24.9 Å². The topological polar surface area (TPSA) is 24.9 Å². The number of nitrogens with one attached hydrogen (secondary N) is 1. The van der Waals surface area contributed by atoms with Gasteiger partial charge in [-0.25, -0.2) is 4.98 Å². The van der Waals surface area contributed by atoms with Crippen molar-refractivity contribution in [3.8, 4) is 0 Å². The highest BCUT2D eigenvalue weighted by Gasteiger charge is 2.02. The molecule has 2 nitrogen and oxygen atoms in total. The molecule has 1 N–H and O–H groups in total. The highest BCUT2D eigenvalue weighted by molar-refractivity contribution is 6.30. The first-order chi connectivity index (χ1) is 6.72. The molecule has 1 aromatic heterocycles. The minimum Gasteiger partial charge on any atom is -0.369 e. The smallest absolute Gasteiger partial charge is 0.126 e. The summed E-state index contributed by atoms with van der Waals surface area (Å²) < 4.78 is 0. The summed E-state index contributed by atoms with van der Waals surface area (Å²) in [7, 11) is 0. The van der Waals surface area contributed by atoms with E-state index in [-0.39, 0.29) is 5.38 Å². The zero-order valence-corrected chi connectivity index (χ0v) is 9.65. The van der Waals surface area contributed by atoms with Crippen LogP contribution < -0.4 is 5.32 Å². The largest absolute Gasteiger partial charge is 0.369 e. The highest BCUT2D eigenvalue weighted by atomic mass is 35.5. The summed E-state index contributed by atoms with van der Waals surface area (Å²) in [5, 5.41) is 3.96. The van der Waals surface area contributed by atoms with Crippen molar-refractivity contribution in [3.05, 3.63) is 23.4 Å². The fourth-order valence-electron chi connectivity index (χ4n) is 1.11. The van der Waals surface area contributed by atoms with Gasteiger partial charge < -0.3 is 5.32 Å². The SMILES string of the molecule is CCCC(Cl)CNc1ccc(Cl)cn1. The monoisotopic (exact) mass is 232 g/mol. The van der Waals surface area contributed by atoms with Crippen LogP contribution in [0.5, 0.6) is 0 Å². The van der Waals surface area contributed by atoms with E-state index in [0.29, 0.717) is 5.02 Å². The first-order valence-electron chi connectivity index (χ1n) is 4.72. The maximum atomic E-state index is 6.05. The molecule has 0 aliphatic heterocycles. The van der Waals surface area contributed by atoms with Crippen LogP contribution in [0.25, 0.3) is 0 Å². The van der Waals surface area contributed by atoms with Crippen molar-refractivity contribution < 1.29 is 0 Å². The lowest BCUT2D eigenvalue weighted by Gasteiger charge is -2.09. The Morgan fingerprint density at radius 2 is 2.29 bits per heavy atom. The van der Waals surface area contributed by atoms with E-state index in [1.807, 2.05) is 6.07 Å². The van der Waals surface area contributed by atoms with Gasteiger partial charge in [0.25, 0.3) is 0 Å². The summed E-state index contributed by atoms with van der Waals surface area (Å²) in [5.41, 5.74) is 0. The van der Waals surface area contributed by atoms with Crippen LogP contribution in [0.15, 0.2) is 18.3 Å². The molecule has 0 radical (unpaired) electrons. The van der Waals surface area contributed by atoms with E-state index in [0.717, 1.165) is 25.2 Å². The second-order valence-electron chi connectivity index (χ2n) is 3.13. The number of hydrogen-bond donors (Lipinski definition) is 1. The molecule has 0 saturated heterocycles. The van der Waals surface area contributed by atoms with Gasteiger partial charge in [-0.15, -0.1) is 11.6 Å². The van der Waals surface area contributed by atoms with E-state index in [2.05, 4.69) is 17.2 Å². The van der Waals surface area contributed by atoms with Crippen LogP contribution in [0.4, 0.5) is 5.82 Å². The Balaban J connectivity index is 2.34. The van der Waals surface area contributed by atoms with Crippen LogP contribution in [0, 0.1) is 0 Å². The van der Waals surface area contributed by atoms with Crippen LogP contribution >= 0.6 is 23.2 Å². The first-order valence-corrected chi connectivity index (χ1v) is 5.53. The third kappa shape index (κ3) is 4.16. The molecule has 0 aliphatic carbocycles. The molecular weight excluding hydrogens is 219 g/mol. The molecule has 1 heterocycles. The lowest BCUT2D eigenvalue weighted by Crippen LogP contribution is -2.14. The molecule has 78 valence electrons. The number of hydrogen-bond acceptors (Lipinski definition) is 2. The number of rotatable bonds is 5. The van der Waals surface area contributed by atoms with Crippen molar-refractivity contribution in [2.24, 2.45) is 0 Å². The number of aromatic nitrogens is 1. The Hall–Kier alpha value is -0.470. The van der Waals surface area contributed by atoms with Gasteiger partial charge in [0.05, 0.1) is 10.4 Å². The molecule has 1 unspecified atom stereocenters. The van der Waals surface area contributed by atoms with Crippen molar-refractivity contribution in [2.75, 3.05) is 11.9 Å². The Kier molecular flexibility index (Phi) is 5.05. The number of anilines is 1. The van der Waals surface area contributed by atoms with Crippen molar-refractivity contribution in [3.63, 3.8) is 0 Å². The Bertz CT molecular complexity index is 261. The average molecular weight is 233 g/mol. The fourth-order valence-corrected chi connectivity index (χ4v) is 1.52. The maximum Gasteiger partial charge on any atom is 0.126 e. The van der Waals surface area contributed by atoms with Crippen LogP contribution in [0.3, 0.4) is 0 Å². The van der Waals surface area contributed by atoms with E-state index >= 15 is 0 Å². The first kappa shape index (κ1) is 11.6. The number of alkyl halides is 1. The van der Waals surface area contributed by atoms with Crippen molar-refractivity contribution in [1.29, 1.82) is 0 Å². The Labute approximate surface area is 94.6 Å². The summed E-state index contributed by atoms with van der Waals surface area (Å²) >= 11 is 11.8. The fraction of sp³-hybridized carbons (Fsp3) is 0.500. The van der Waals surface area contributed by atoms with Crippen molar-refractivity contribution in [2.45, 2.75) is 25.1 Å². The van der Waals surface area contributed by atoms with Crippen LogP contribution in [0.1, 0.15) is 19.8 Å². The highest BCUT2D eigenvalue weighted by Crippen LogP contribution is 2.11. The van der Waals surface area contributed by atoms with E-state index in [9.17, 15) is 0 Å². The molecule has 0 fully saturated rings. The van der Waals surface area contributed by atoms with Gasteiger partial charge in [-0.3, -0.25) is 0 Å². The van der Waals surface area contributed by atoms with Gasteiger partial charge in [-0.05, 0) is 18.6 Å². The van der Waals surface area contributed by atoms with Gasteiger partial charge in [0.1, 0.15) is 5.82 Å². The number of halogens is 2. The second-order valence-corrected chi connectivity index (χ2v) is 4.18. The minimum absolute atomic E-state index is 0.164.